The highest BCUT2D eigenvalue weighted by Crippen LogP contribution is 2.26. The number of carbonyl (C=O) groups is 1. The van der Waals surface area contributed by atoms with E-state index in [1.165, 1.54) is 0 Å². The number of likely N-dealkylation sites (tertiary alicyclic amines) is 1. The Morgan fingerprint density at radius 3 is 2.15 bits per heavy atom. The standard InChI is InChI=1S/C14H19N3O3/c1-14(2,3)20-13(19)17-6-4-10(5-7-17)12(18)11(8-15)9-16/h10,18H,4-7H2,1-3H3. The monoisotopic (exact) mass is 277 g/mol. The van der Waals surface area contributed by atoms with Crippen LogP contribution in [0.3, 0.4) is 0 Å². The molecule has 6 nitrogen and oxygen atoms in total. The van der Waals surface area contributed by atoms with Gasteiger partial charge in [0.2, 0.25) is 0 Å². The number of amides is 1. The molecule has 1 fully saturated rings. The molecule has 1 heterocycles. The third kappa shape index (κ3) is 4.17. The van der Waals surface area contributed by atoms with Gasteiger partial charge in [-0.1, -0.05) is 0 Å². The van der Waals surface area contributed by atoms with Crippen molar-refractivity contribution < 1.29 is 14.6 Å². The molecule has 0 aromatic rings. The van der Waals surface area contributed by atoms with E-state index in [1.54, 1.807) is 37.8 Å². The predicted octanol–water partition coefficient (Wildman–Crippen LogP) is 2.49. The number of carbonyl (C=O) groups excluding carboxylic acids is 1. The third-order valence-corrected chi connectivity index (χ3v) is 3.01. The van der Waals surface area contributed by atoms with Gasteiger partial charge in [-0.25, -0.2) is 4.79 Å². The number of piperidine rings is 1. The van der Waals surface area contributed by atoms with Crippen LogP contribution in [0.1, 0.15) is 33.6 Å². The molecule has 0 spiro atoms. The van der Waals surface area contributed by atoms with Crippen LogP contribution in [0.15, 0.2) is 11.3 Å². The van der Waals surface area contributed by atoms with E-state index in [0.717, 1.165) is 0 Å². The van der Waals surface area contributed by atoms with Crippen molar-refractivity contribution in [3.8, 4) is 12.1 Å². The maximum Gasteiger partial charge on any atom is 0.410 e. The summed E-state index contributed by atoms with van der Waals surface area (Å²) in [4.78, 5) is 13.4. The van der Waals surface area contributed by atoms with Gasteiger partial charge in [0.25, 0.3) is 0 Å². The van der Waals surface area contributed by atoms with Crippen LogP contribution in [0, 0.1) is 28.6 Å². The minimum atomic E-state index is -0.537. The molecule has 6 heteroatoms. The zero-order chi connectivity index (χ0) is 15.3. The Labute approximate surface area is 118 Å². The smallest absolute Gasteiger partial charge is 0.410 e. The number of allylic oxidation sites excluding steroid dienone is 2. The van der Waals surface area contributed by atoms with E-state index in [2.05, 4.69) is 0 Å². The summed E-state index contributed by atoms with van der Waals surface area (Å²) in [6.45, 7) is 6.29. The molecule has 1 amide bonds. The normalized spacial score (nSPS) is 15.9. The number of rotatable bonds is 1. The van der Waals surface area contributed by atoms with Gasteiger partial charge in [0, 0.05) is 19.0 Å². The first kappa shape index (κ1) is 15.8. The highest BCUT2D eigenvalue weighted by Gasteiger charge is 2.29. The van der Waals surface area contributed by atoms with Crippen molar-refractivity contribution in [1.82, 2.24) is 4.90 Å². The second-order valence-corrected chi connectivity index (χ2v) is 5.73. The summed E-state index contributed by atoms with van der Waals surface area (Å²) in [6.07, 6.45) is 0.649. The molecule has 0 aromatic heterocycles. The van der Waals surface area contributed by atoms with E-state index < -0.39 is 5.60 Å². The molecule has 0 unspecified atom stereocenters. The second-order valence-electron chi connectivity index (χ2n) is 5.73. The van der Waals surface area contributed by atoms with Gasteiger partial charge in [-0.15, -0.1) is 0 Å². The minimum absolute atomic E-state index is 0.168. The van der Waals surface area contributed by atoms with E-state index in [9.17, 15) is 9.90 Å². The summed E-state index contributed by atoms with van der Waals surface area (Å²) < 4.78 is 5.27. The maximum atomic E-state index is 11.9. The Hall–Kier alpha value is -2.21. The fourth-order valence-corrected chi connectivity index (χ4v) is 2.01. The average molecular weight is 277 g/mol. The first-order valence-corrected chi connectivity index (χ1v) is 6.49. The summed E-state index contributed by atoms with van der Waals surface area (Å²) in [5.41, 5.74) is -0.786. The van der Waals surface area contributed by atoms with E-state index in [0.29, 0.717) is 25.9 Å². The van der Waals surface area contributed by atoms with Crippen molar-refractivity contribution in [2.75, 3.05) is 13.1 Å². The number of hydrogen-bond acceptors (Lipinski definition) is 5. The molecule has 0 aliphatic carbocycles. The molecule has 1 aliphatic rings. The molecule has 1 saturated heterocycles. The fraction of sp³-hybridized carbons (Fsp3) is 0.643. The SMILES string of the molecule is CC(C)(C)OC(=O)N1CCC(C(O)=C(C#N)C#N)CC1. The third-order valence-electron chi connectivity index (χ3n) is 3.01. The molecule has 20 heavy (non-hydrogen) atoms. The number of hydrogen-bond donors (Lipinski definition) is 1. The topological polar surface area (TPSA) is 97.3 Å². The Balaban J connectivity index is 2.62. The van der Waals surface area contributed by atoms with Crippen LogP contribution in [0.5, 0.6) is 0 Å². The molecule has 0 saturated carbocycles. The molecule has 1 rings (SSSR count). The van der Waals surface area contributed by atoms with Crippen molar-refractivity contribution in [1.29, 1.82) is 10.5 Å². The molecule has 1 aliphatic heterocycles. The molecule has 0 atom stereocenters. The fourth-order valence-electron chi connectivity index (χ4n) is 2.01. The van der Waals surface area contributed by atoms with E-state index in [-0.39, 0.29) is 23.3 Å². The molecule has 0 bridgehead atoms. The van der Waals surface area contributed by atoms with Crippen LogP contribution in [0.2, 0.25) is 0 Å². The van der Waals surface area contributed by atoms with Crippen LogP contribution >= 0.6 is 0 Å². The number of nitriles is 2. The summed E-state index contributed by atoms with van der Waals surface area (Å²) in [5, 5.41) is 27.3. The largest absolute Gasteiger partial charge is 0.510 e. The van der Waals surface area contributed by atoms with Crippen molar-refractivity contribution in [3.05, 3.63) is 11.3 Å². The van der Waals surface area contributed by atoms with E-state index in [4.69, 9.17) is 15.3 Å². The number of nitrogens with zero attached hydrogens (tertiary/aromatic N) is 3. The first-order chi connectivity index (χ1) is 9.28. The number of ether oxygens (including phenoxy) is 1. The summed E-state index contributed by atoms with van der Waals surface area (Å²) in [7, 11) is 0. The molecule has 1 N–H and O–H groups in total. The van der Waals surface area contributed by atoms with Gasteiger partial charge >= 0.3 is 6.09 Å². The Morgan fingerprint density at radius 2 is 1.75 bits per heavy atom. The van der Waals surface area contributed by atoms with Crippen LogP contribution in [0.4, 0.5) is 4.79 Å². The minimum Gasteiger partial charge on any atom is -0.510 e. The van der Waals surface area contributed by atoms with Crippen LogP contribution in [-0.2, 0) is 4.74 Å². The Bertz CT molecular complexity index is 467. The maximum absolute atomic E-state index is 11.9. The van der Waals surface area contributed by atoms with Gasteiger partial charge in [-0.3, -0.25) is 0 Å². The van der Waals surface area contributed by atoms with Gasteiger partial charge in [0.05, 0.1) is 0 Å². The van der Waals surface area contributed by atoms with Crippen molar-refractivity contribution >= 4 is 6.09 Å². The molecular formula is C14H19N3O3. The summed E-state index contributed by atoms with van der Waals surface area (Å²) in [5.74, 6) is -0.415. The molecule has 0 aromatic carbocycles. The lowest BCUT2D eigenvalue weighted by Gasteiger charge is -2.33. The zero-order valence-corrected chi connectivity index (χ0v) is 12.0. The van der Waals surface area contributed by atoms with Gasteiger partial charge in [0.15, 0.2) is 5.57 Å². The first-order valence-electron chi connectivity index (χ1n) is 6.49. The zero-order valence-electron chi connectivity index (χ0n) is 12.0. The van der Waals surface area contributed by atoms with E-state index >= 15 is 0 Å². The average Bonchev–Trinajstić information content (AvgIpc) is 2.38. The number of aliphatic hydroxyl groups excluding tert-OH is 1. The highest BCUT2D eigenvalue weighted by molar-refractivity contribution is 5.68. The lowest BCUT2D eigenvalue weighted by molar-refractivity contribution is 0.0182. The van der Waals surface area contributed by atoms with Gasteiger partial charge in [0.1, 0.15) is 23.5 Å². The van der Waals surface area contributed by atoms with Crippen molar-refractivity contribution in [2.45, 2.75) is 39.2 Å². The Kier molecular flexibility index (Phi) is 4.99. The van der Waals surface area contributed by atoms with Crippen LogP contribution in [0.25, 0.3) is 0 Å². The van der Waals surface area contributed by atoms with Gasteiger partial charge < -0.3 is 14.7 Å². The highest BCUT2D eigenvalue weighted by atomic mass is 16.6. The van der Waals surface area contributed by atoms with E-state index in [1.807, 2.05) is 0 Å². The Morgan fingerprint density at radius 1 is 1.25 bits per heavy atom. The second kappa shape index (κ2) is 6.29. The lowest BCUT2D eigenvalue weighted by Crippen LogP contribution is -2.42. The summed E-state index contributed by atoms with van der Waals surface area (Å²) >= 11 is 0. The van der Waals surface area contributed by atoms with Crippen molar-refractivity contribution in [2.24, 2.45) is 5.92 Å². The molecule has 108 valence electrons. The number of aliphatic hydroxyl groups is 1. The van der Waals surface area contributed by atoms with Crippen molar-refractivity contribution in [3.63, 3.8) is 0 Å². The summed E-state index contributed by atoms with van der Waals surface area (Å²) in [6, 6.07) is 3.35. The van der Waals surface area contributed by atoms with Crippen LogP contribution in [-0.4, -0.2) is 34.8 Å². The predicted molar refractivity (Wildman–Crippen MR) is 71.4 cm³/mol. The van der Waals surface area contributed by atoms with Crippen LogP contribution < -0.4 is 0 Å². The van der Waals surface area contributed by atoms with Gasteiger partial charge in [-0.2, -0.15) is 10.5 Å². The van der Waals surface area contributed by atoms with Gasteiger partial charge in [-0.05, 0) is 33.6 Å². The lowest BCUT2D eigenvalue weighted by atomic mass is 9.93. The molecular weight excluding hydrogens is 258 g/mol. The quantitative estimate of drug-likeness (QED) is 0.586. The molecule has 0 radical (unpaired) electrons.